The van der Waals surface area contributed by atoms with Crippen LogP contribution in [0, 0.1) is 5.92 Å². The van der Waals surface area contributed by atoms with E-state index in [4.69, 9.17) is 5.73 Å². The van der Waals surface area contributed by atoms with Crippen molar-refractivity contribution in [3.8, 4) is 0 Å². The second-order valence-electron chi connectivity index (χ2n) is 5.09. The molecule has 1 aliphatic heterocycles. The SMILES string of the molecule is NCC1CCCCCC1N1CCS(=O)CC1. The molecule has 0 aromatic heterocycles. The second-order valence-corrected chi connectivity index (χ2v) is 6.78. The van der Waals surface area contributed by atoms with Crippen LogP contribution in [0.25, 0.3) is 0 Å². The zero-order chi connectivity index (χ0) is 11.4. The molecule has 2 atom stereocenters. The van der Waals surface area contributed by atoms with Gasteiger partial charge in [0.2, 0.25) is 0 Å². The molecule has 2 fully saturated rings. The van der Waals surface area contributed by atoms with Gasteiger partial charge in [-0.25, -0.2) is 0 Å². The van der Waals surface area contributed by atoms with Crippen LogP contribution in [0.3, 0.4) is 0 Å². The molecule has 2 rings (SSSR count). The minimum atomic E-state index is -0.556. The summed E-state index contributed by atoms with van der Waals surface area (Å²) in [7, 11) is -0.556. The van der Waals surface area contributed by atoms with E-state index in [0.29, 0.717) is 12.0 Å². The second kappa shape index (κ2) is 6.12. The van der Waals surface area contributed by atoms with Crippen LogP contribution in [0.15, 0.2) is 0 Å². The van der Waals surface area contributed by atoms with Crippen molar-refractivity contribution < 1.29 is 4.21 Å². The van der Waals surface area contributed by atoms with Gasteiger partial charge in [-0.05, 0) is 25.3 Å². The first-order valence-corrected chi connectivity index (χ1v) is 8.09. The van der Waals surface area contributed by atoms with Crippen molar-refractivity contribution in [3.63, 3.8) is 0 Å². The molecular formula is C12H24N2OS. The number of nitrogens with zero attached hydrogens (tertiary/aromatic N) is 1. The molecule has 2 N–H and O–H groups in total. The molecule has 1 saturated carbocycles. The summed E-state index contributed by atoms with van der Waals surface area (Å²) in [5, 5.41) is 0. The van der Waals surface area contributed by atoms with Gasteiger partial charge in [-0.2, -0.15) is 0 Å². The molecule has 0 spiro atoms. The topological polar surface area (TPSA) is 46.3 Å². The van der Waals surface area contributed by atoms with Gasteiger partial charge in [-0.3, -0.25) is 9.11 Å². The zero-order valence-corrected chi connectivity index (χ0v) is 10.9. The Labute approximate surface area is 101 Å². The van der Waals surface area contributed by atoms with E-state index < -0.39 is 10.8 Å². The fraction of sp³-hybridized carbons (Fsp3) is 1.00. The van der Waals surface area contributed by atoms with Gasteiger partial charge in [0.1, 0.15) is 0 Å². The third kappa shape index (κ3) is 3.05. The van der Waals surface area contributed by atoms with Crippen LogP contribution in [0.5, 0.6) is 0 Å². The molecule has 2 aliphatic rings. The Morgan fingerprint density at radius 3 is 2.50 bits per heavy atom. The smallest absolute Gasteiger partial charge is 0.0363 e. The highest BCUT2D eigenvalue weighted by atomic mass is 32.2. The molecule has 0 bridgehead atoms. The largest absolute Gasteiger partial charge is 0.330 e. The van der Waals surface area contributed by atoms with Crippen molar-refractivity contribution in [2.24, 2.45) is 11.7 Å². The monoisotopic (exact) mass is 244 g/mol. The van der Waals surface area contributed by atoms with Crippen molar-refractivity contribution in [1.29, 1.82) is 0 Å². The fourth-order valence-corrected chi connectivity index (χ4v) is 4.18. The molecule has 4 heteroatoms. The molecule has 0 aromatic carbocycles. The van der Waals surface area contributed by atoms with Crippen molar-refractivity contribution in [2.45, 2.75) is 38.1 Å². The Hall–Kier alpha value is 0.0700. The summed E-state index contributed by atoms with van der Waals surface area (Å²) in [5.74, 6) is 2.41. The minimum absolute atomic E-state index is 0.556. The van der Waals surface area contributed by atoms with Crippen molar-refractivity contribution in [1.82, 2.24) is 4.90 Å². The maximum absolute atomic E-state index is 11.4. The lowest BCUT2D eigenvalue weighted by molar-refractivity contribution is 0.148. The van der Waals surface area contributed by atoms with Crippen LogP contribution < -0.4 is 5.73 Å². The summed E-state index contributed by atoms with van der Waals surface area (Å²) in [5.41, 5.74) is 5.91. The van der Waals surface area contributed by atoms with Crippen LogP contribution >= 0.6 is 0 Å². The predicted molar refractivity (Wildman–Crippen MR) is 68.9 cm³/mol. The molecular weight excluding hydrogens is 220 g/mol. The summed E-state index contributed by atoms with van der Waals surface area (Å²) in [4.78, 5) is 2.56. The molecule has 0 radical (unpaired) electrons. The van der Waals surface area contributed by atoms with Crippen molar-refractivity contribution in [2.75, 3.05) is 31.1 Å². The molecule has 0 amide bonds. The summed E-state index contributed by atoms with van der Waals surface area (Å²) in [6, 6.07) is 0.671. The normalized spacial score (nSPS) is 34.8. The summed E-state index contributed by atoms with van der Waals surface area (Å²) in [6.45, 7) is 2.87. The van der Waals surface area contributed by atoms with E-state index in [-0.39, 0.29) is 0 Å². The first-order chi connectivity index (χ1) is 7.81. The molecule has 1 aliphatic carbocycles. The van der Waals surface area contributed by atoms with Gasteiger partial charge < -0.3 is 5.73 Å². The van der Waals surface area contributed by atoms with Crippen LogP contribution in [-0.2, 0) is 10.8 Å². The lowest BCUT2D eigenvalue weighted by Crippen LogP contribution is -2.48. The number of hydrogen-bond donors (Lipinski definition) is 1. The van der Waals surface area contributed by atoms with E-state index in [2.05, 4.69) is 4.90 Å². The standard InChI is InChI=1S/C12H24N2OS/c13-10-11-4-2-1-3-5-12(11)14-6-8-16(15)9-7-14/h11-12H,1-10,13H2. The summed E-state index contributed by atoms with van der Waals surface area (Å²) >= 11 is 0. The predicted octanol–water partition coefficient (Wildman–Crippen LogP) is 0.958. The maximum Gasteiger partial charge on any atom is 0.0363 e. The van der Waals surface area contributed by atoms with E-state index in [9.17, 15) is 4.21 Å². The van der Waals surface area contributed by atoms with Crippen LogP contribution in [0.1, 0.15) is 32.1 Å². The Balaban J connectivity index is 1.96. The molecule has 1 saturated heterocycles. The number of nitrogens with two attached hydrogens (primary N) is 1. The molecule has 0 aromatic rings. The quantitative estimate of drug-likeness (QED) is 0.736. The fourth-order valence-electron chi connectivity index (χ4n) is 3.10. The molecule has 2 unspecified atom stereocenters. The molecule has 94 valence electrons. The van der Waals surface area contributed by atoms with Crippen molar-refractivity contribution in [3.05, 3.63) is 0 Å². The lowest BCUT2D eigenvalue weighted by atomic mass is 9.93. The highest BCUT2D eigenvalue weighted by molar-refractivity contribution is 7.85. The molecule has 16 heavy (non-hydrogen) atoms. The first kappa shape index (κ1) is 12.5. The Morgan fingerprint density at radius 1 is 1.12 bits per heavy atom. The van der Waals surface area contributed by atoms with E-state index in [1.165, 1.54) is 32.1 Å². The van der Waals surface area contributed by atoms with Crippen molar-refractivity contribution >= 4 is 10.8 Å². The average Bonchev–Trinajstić information content (AvgIpc) is 2.55. The van der Waals surface area contributed by atoms with Gasteiger partial charge in [0.15, 0.2) is 0 Å². The zero-order valence-electron chi connectivity index (χ0n) is 10.1. The van der Waals surface area contributed by atoms with E-state index >= 15 is 0 Å². The van der Waals surface area contributed by atoms with Gasteiger partial charge in [0.25, 0.3) is 0 Å². The Kier molecular flexibility index (Phi) is 4.79. The molecule has 1 heterocycles. The maximum atomic E-state index is 11.4. The highest BCUT2D eigenvalue weighted by Crippen LogP contribution is 2.27. The highest BCUT2D eigenvalue weighted by Gasteiger charge is 2.29. The number of hydrogen-bond acceptors (Lipinski definition) is 3. The van der Waals surface area contributed by atoms with E-state index in [1.54, 1.807) is 0 Å². The Morgan fingerprint density at radius 2 is 1.81 bits per heavy atom. The lowest BCUT2D eigenvalue weighted by Gasteiger charge is -2.37. The van der Waals surface area contributed by atoms with Gasteiger partial charge in [-0.15, -0.1) is 0 Å². The summed E-state index contributed by atoms with van der Waals surface area (Å²) in [6.07, 6.45) is 6.65. The van der Waals surface area contributed by atoms with E-state index in [1.807, 2.05) is 0 Å². The van der Waals surface area contributed by atoms with Crippen LogP contribution in [-0.4, -0.2) is 46.3 Å². The number of rotatable bonds is 2. The van der Waals surface area contributed by atoms with E-state index in [0.717, 1.165) is 31.1 Å². The van der Waals surface area contributed by atoms with Gasteiger partial charge >= 0.3 is 0 Å². The first-order valence-electron chi connectivity index (χ1n) is 6.60. The van der Waals surface area contributed by atoms with Gasteiger partial charge in [-0.1, -0.05) is 19.3 Å². The average molecular weight is 244 g/mol. The van der Waals surface area contributed by atoms with Gasteiger partial charge in [0.05, 0.1) is 0 Å². The van der Waals surface area contributed by atoms with Crippen LogP contribution in [0.4, 0.5) is 0 Å². The minimum Gasteiger partial charge on any atom is -0.330 e. The van der Waals surface area contributed by atoms with Crippen LogP contribution in [0.2, 0.25) is 0 Å². The third-order valence-corrected chi connectivity index (χ3v) is 5.38. The third-order valence-electron chi connectivity index (χ3n) is 4.10. The Bertz CT molecular complexity index is 237. The molecule has 3 nitrogen and oxygen atoms in total. The van der Waals surface area contributed by atoms with Gasteiger partial charge in [0, 0.05) is 41.4 Å². The summed E-state index contributed by atoms with van der Waals surface area (Å²) < 4.78 is 11.4.